The quantitative estimate of drug-likeness (QED) is 0.0110. The van der Waals surface area contributed by atoms with E-state index in [1.165, 1.54) is 146 Å². The molecule has 6 aromatic carbocycles. The van der Waals surface area contributed by atoms with Gasteiger partial charge in [0, 0.05) is 148 Å². The summed E-state index contributed by atoms with van der Waals surface area (Å²) in [6.45, 7) is 24.0. The van der Waals surface area contributed by atoms with Gasteiger partial charge < -0.3 is 55.1 Å². The second-order valence-electron chi connectivity index (χ2n) is 34.0. The number of benzene rings is 6. The summed E-state index contributed by atoms with van der Waals surface area (Å²) < 4.78 is 137. The molecular formula is C102H115F6N22O14PS2. The lowest BCUT2D eigenvalue weighted by Gasteiger charge is -2.25. The molecule has 12 rings (SSSR count). The number of halogens is 6. The van der Waals surface area contributed by atoms with Crippen LogP contribution in [0.2, 0.25) is 0 Å². The number of carboxylic acids is 2. The number of aliphatic carboxylic acids is 2. The number of nitrogens with one attached hydrogen (secondary N) is 2. The first-order chi connectivity index (χ1) is 68.9. The van der Waals surface area contributed by atoms with E-state index in [4.69, 9.17) is 30.9 Å². The molecule has 6 heterocycles. The van der Waals surface area contributed by atoms with Crippen LogP contribution in [0.5, 0.6) is 0 Å². The molecular weight excluding hydrogens is 1970 g/mol. The number of carbonyl (C=O) groups is 5. The van der Waals surface area contributed by atoms with Gasteiger partial charge in [-0.2, -0.15) is 8.42 Å². The molecule has 0 aliphatic heterocycles. The highest BCUT2D eigenvalue weighted by atomic mass is 32.2. The van der Waals surface area contributed by atoms with Crippen molar-refractivity contribution in [1.82, 2.24) is 69.3 Å². The Bertz CT molecular complexity index is 6580. The maximum absolute atomic E-state index is 13.2. The number of carbonyl (C=O) groups excluding carboxylic acids is 3. The number of nitrogens with two attached hydrogens (primary N) is 2. The van der Waals surface area contributed by atoms with E-state index in [2.05, 4.69) is 59.8 Å². The fraction of sp³-hybridized carbons (Fsp3) is 0.245. The van der Waals surface area contributed by atoms with Gasteiger partial charge in [-0.25, -0.2) is 88.8 Å². The average molecular weight is 2080 g/mol. The van der Waals surface area contributed by atoms with Crippen molar-refractivity contribution < 1.29 is 91.7 Å². The Balaban J connectivity index is 0.000000239. The van der Waals surface area contributed by atoms with E-state index in [0.717, 1.165) is 53.1 Å². The van der Waals surface area contributed by atoms with E-state index in [-0.39, 0.29) is 71.2 Å². The molecule has 10 N–H and O–H groups in total. The second kappa shape index (κ2) is 54.6. The van der Waals surface area contributed by atoms with E-state index < -0.39 is 57.5 Å². The van der Waals surface area contributed by atoms with Crippen LogP contribution in [0, 0.1) is 34.9 Å². The van der Waals surface area contributed by atoms with E-state index in [0.29, 0.717) is 120 Å². The monoisotopic (exact) mass is 2080 g/mol. The zero-order chi connectivity index (χ0) is 109. The number of primary amides is 1. The van der Waals surface area contributed by atoms with Crippen molar-refractivity contribution in [2.24, 2.45) is 10.9 Å². The van der Waals surface area contributed by atoms with Crippen molar-refractivity contribution in [3.05, 3.63) is 288 Å². The van der Waals surface area contributed by atoms with Crippen molar-refractivity contribution >= 4 is 129 Å². The van der Waals surface area contributed by atoms with Gasteiger partial charge in [0.1, 0.15) is 69.1 Å². The van der Waals surface area contributed by atoms with Crippen LogP contribution in [0.3, 0.4) is 0 Å². The number of nitrogens with zero attached hydrogens (tertiary/aromatic N) is 18. The summed E-state index contributed by atoms with van der Waals surface area (Å²) >= 11 is 0. The van der Waals surface area contributed by atoms with Gasteiger partial charge in [0.25, 0.3) is 22.0 Å². The molecule has 776 valence electrons. The summed E-state index contributed by atoms with van der Waals surface area (Å²) in [5.41, 5.74) is 15.5. The topological polar surface area (TPSA) is 502 Å². The molecule has 45 heteroatoms. The predicted molar refractivity (Wildman–Crippen MR) is 561 cm³/mol. The van der Waals surface area contributed by atoms with Gasteiger partial charge in [-0.15, -0.1) is 0 Å². The number of amides is 3. The maximum Gasteiger partial charge on any atom is 0.349 e. The summed E-state index contributed by atoms with van der Waals surface area (Å²) in [6.07, 6.45) is 23.3. The highest BCUT2D eigenvalue weighted by Crippen LogP contribution is 2.39. The van der Waals surface area contributed by atoms with Crippen LogP contribution in [0.15, 0.2) is 219 Å². The van der Waals surface area contributed by atoms with Gasteiger partial charge in [-0.05, 0) is 265 Å². The molecule has 3 amide bonds. The van der Waals surface area contributed by atoms with Gasteiger partial charge in [0.2, 0.25) is 15.9 Å². The van der Waals surface area contributed by atoms with Gasteiger partial charge >= 0.3 is 19.5 Å². The fourth-order valence-corrected chi connectivity index (χ4v) is 13.1. The number of rotatable bonds is 32. The fourth-order valence-electron chi connectivity index (χ4n) is 12.0. The SMILES string of the molecule is CC(C)N(C)c1nc(/C=C/C(=O)NS(C)(=O)=O)cnc1-c1ccc(F)cc1.CC(C)N(C)c1nc(/C=C/C(=O)NS(N)(=O)=O)cnc1-c1ccc(F)cc1.CC(C)N(C)c1nc(/C=C/C(=O)O)cnc1-c1ccc(F)cc1.CC(C)N(C)c1nc(/C=C/C(=O)O)cnc1-c1ccc(F)cc1.CC(C)N(C)c1nc(/C=C/C(N)=O)cnc1-c1ccc(F)cc1.CC(C)N(C)c1nc(/C=C/P(=O)(O)O)cnc1-c1ccc(F)cc1. The third kappa shape index (κ3) is 38.6. The maximum atomic E-state index is 13.2. The summed E-state index contributed by atoms with van der Waals surface area (Å²) in [7, 11) is -0.830. The summed E-state index contributed by atoms with van der Waals surface area (Å²) in [5, 5.41) is 22.2. The lowest BCUT2D eigenvalue weighted by atomic mass is 10.1. The largest absolute Gasteiger partial charge is 0.478 e. The number of sulfonamides is 1. The van der Waals surface area contributed by atoms with Gasteiger partial charge in [0.05, 0.1) is 77.6 Å². The van der Waals surface area contributed by atoms with Gasteiger partial charge in [-0.3, -0.25) is 48.9 Å². The Hall–Kier alpha value is -16.0. The summed E-state index contributed by atoms with van der Waals surface area (Å²) in [6, 6.07) is 36.7. The predicted octanol–water partition coefficient (Wildman–Crippen LogP) is 16.0. The van der Waals surface area contributed by atoms with Crippen LogP contribution in [0.25, 0.3) is 104 Å². The number of hydrogen-bond donors (Lipinski definition) is 8. The normalized spacial score (nSPS) is 11.6. The highest BCUT2D eigenvalue weighted by molar-refractivity contribution is 7.89. The molecule has 36 nitrogen and oxygen atoms in total. The van der Waals surface area contributed by atoms with E-state index in [1.54, 1.807) is 83.7 Å². The molecule has 0 unspecified atom stereocenters. The third-order valence-corrected chi connectivity index (χ3v) is 22.6. The standard InChI is InChI=1S/C18H21FN4O3S.C17H20FN5O3S.C17H19FN4O.2C17H18FN3O2.C16H19FN3O3P/c1-12(2)23(3)18-17(13-5-7-14(19)8-6-13)20-11-15(21-18)9-10-16(24)22-27(4,25)26;1-11(2)23(3)17-16(12-4-6-13(18)7-5-12)20-10-14(21-17)8-9-15(24)22-27(19,25)26;1-11(2)22(3)17-16(12-4-6-13(18)7-5-12)20-10-14(21-17)8-9-15(19)23;2*1-11(2)21(3)17-16(12-4-6-13(18)7-5-12)19-10-14(20-17)8-9-15(22)23;1-11(2)20(3)16-15(12-4-6-13(17)7-5-12)18-10-14(19-16)8-9-24(21,22)23/h5-12H,1-4H3,(H,22,24);4-11H,1-3H3,(H,22,24)(H2,19,25,26);4-11H,1-3H3,(H2,19,23);2*4-11H,1-3H3,(H,22,23);4-11H,1-3H3,(H2,21,22,23)/b10-9+;5*9-8+. The minimum atomic E-state index is -4.27. The zero-order valence-electron chi connectivity index (χ0n) is 83.8. The lowest BCUT2D eigenvalue weighted by molar-refractivity contribution is -0.132. The molecule has 0 saturated carbocycles. The molecule has 0 aliphatic carbocycles. The van der Waals surface area contributed by atoms with Crippen molar-refractivity contribution in [1.29, 1.82) is 0 Å². The molecule has 0 aliphatic rings. The Labute approximate surface area is 848 Å². The van der Waals surface area contributed by atoms with Crippen molar-refractivity contribution in [3.63, 3.8) is 0 Å². The molecule has 6 aromatic heterocycles. The molecule has 0 radical (unpaired) electrons. The summed E-state index contributed by atoms with van der Waals surface area (Å²) in [4.78, 5) is 138. The van der Waals surface area contributed by atoms with Crippen LogP contribution in [0.4, 0.5) is 61.2 Å². The van der Waals surface area contributed by atoms with Crippen molar-refractivity contribution in [2.45, 2.75) is 119 Å². The first kappa shape index (κ1) is 118. The number of anilines is 6. The van der Waals surface area contributed by atoms with E-state index in [1.807, 2.05) is 159 Å². The minimum Gasteiger partial charge on any atom is -0.478 e. The Morgan fingerprint density at radius 3 is 0.660 bits per heavy atom. The number of hydrogen-bond acceptors (Lipinski definition) is 28. The smallest absolute Gasteiger partial charge is 0.349 e. The molecule has 0 bridgehead atoms. The third-order valence-electron chi connectivity index (χ3n) is 21.0. The molecule has 0 spiro atoms. The Morgan fingerprint density at radius 2 is 0.497 bits per heavy atom. The number of carboxylic acid groups (broad SMARTS) is 2. The Kier molecular flexibility index (Phi) is 43.8. The Morgan fingerprint density at radius 1 is 0.320 bits per heavy atom. The van der Waals surface area contributed by atoms with Gasteiger partial charge in [-0.1, -0.05) is 0 Å². The first-order valence-corrected chi connectivity index (χ1v) is 50.0. The second-order valence-corrected chi connectivity index (χ2v) is 38.5. The van der Waals surface area contributed by atoms with Crippen LogP contribution in [-0.4, -0.2) is 211 Å². The lowest BCUT2D eigenvalue weighted by Crippen LogP contribution is -2.34. The van der Waals surface area contributed by atoms with Crippen LogP contribution >= 0.6 is 7.60 Å². The van der Waals surface area contributed by atoms with Gasteiger partial charge in [0.15, 0.2) is 34.9 Å². The zero-order valence-corrected chi connectivity index (χ0v) is 86.3. The van der Waals surface area contributed by atoms with Crippen LogP contribution < -0.4 is 49.7 Å². The molecule has 0 fully saturated rings. The first-order valence-electron chi connectivity index (χ1n) is 44.9. The van der Waals surface area contributed by atoms with E-state index in [9.17, 15) is 71.7 Å². The average Bonchev–Trinajstić information content (AvgIpc) is 0.825. The summed E-state index contributed by atoms with van der Waals surface area (Å²) in [5.74, 6) is -2.01. The van der Waals surface area contributed by atoms with Crippen LogP contribution in [-0.2, 0) is 48.8 Å². The minimum absolute atomic E-state index is 0.100. The van der Waals surface area contributed by atoms with E-state index >= 15 is 0 Å². The molecule has 12 aromatic rings. The molecule has 0 atom stereocenters. The molecule has 0 saturated heterocycles. The molecule has 147 heavy (non-hydrogen) atoms. The van der Waals surface area contributed by atoms with Crippen molar-refractivity contribution in [3.8, 4) is 67.5 Å². The van der Waals surface area contributed by atoms with Crippen LogP contribution in [0.1, 0.15) is 117 Å². The highest BCUT2D eigenvalue weighted by Gasteiger charge is 2.25. The number of aromatic nitrogens is 12. The van der Waals surface area contributed by atoms with Crippen molar-refractivity contribution in [2.75, 3.05) is 77.9 Å².